The number of carbonyl (C=O) groups is 1. The molecule has 1 aromatic carbocycles. The maximum Gasteiger partial charge on any atom is 0.356 e. The average molecular weight is 258 g/mol. The van der Waals surface area contributed by atoms with E-state index in [1.54, 1.807) is 0 Å². The summed E-state index contributed by atoms with van der Waals surface area (Å²) in [7, 11) is 0. The topological polar surface area (TPSA) is 50.2 Å². The molecule has 1 N–H and O–H groups in total. The van der Waals surface area contributed by atoms with Gasteiger partial charge in [-0.15, -0.1) is 11.3 Å². The van der Waals surface area contributed by atoms with Gasteiger partial charge < -0.3 is 5.11 Å². The van der Waals surface area contributed by atoms with E-state index in [0.29, 0.717) is 10.4 Å². The number of hydrogen-bond donors (Lipinski definition) is 1. The number of nitrogens with zero attached hydrogens (tertiary/aromatic N) is 1. The van der Waals surface area contributed by atoms with E-state index in [0.717, 1.165) is 17.4 Å². The van der Waals surface area contributed by atoms with Crippen molar-refractivity contribution in [3.8, 4) is 10.4 Å². The highest BCUT2D eigenvalue weighted by Crippen LogP contribution is 2.30. The lowest BCUT2D eigenvalue weighted by molar-refractivity contribution is 0.0692. The van der Waals surface area contributed by atoms with Crippen LogP contribution in [0.3, 0.4) is 0 Å². The largest absolute Gasteiger partial charge is 0.476 e. The van der Waals surface area contributed by atoms with Gasteiger partial charge in [0.15, 0.2) is 5.69 Å². The molecule has 0 unspecified atom stereocenters. The minimum atomic E-state index is -1.14. The third-order valence-electron chi connectivity index (χ3n) is 1.89. The van der Waals surface area contributed by atoms with Gasteiger partial charge in [0, 0.05) is 5.02 Å². The highest BCUT2D eigenvalue weighted by Gasteiger charge is 2.15. The molecule has 0 aliphatic rings. The van der Waals surface area contributed by atoms with Gasteiger partial charge in [0.05, 0.1) is 10.4 Å². The third kappa shape index (κ3) is 2.05. The zero-order valence-corrected chi connectivity index (χ0v) is 9.35. The summed E-state index contributed by atoms with van der Waals surface area (Å²) in [5.41, 5.74) is 1.73. The first-order valence-corrected chi connectivity index (χ1v) is 5.47. The summed E-state index contributed by atoms with van der Waals surface area (Å²) < 4.78 is 13.1. The number of hydrogen-bond acceptors (Lipinski definition) is 3. The molecule has 0 saturated carbocycles. The van der Waals surface area contributed by atoms with Gasteiger partial charge in [0.2, 0.25) is 0 Å². The van der Waals surface area contributed by atoms with Crippen LogP contribution in [0.4, 0.5) is 4.39 Å². The molecule has 0 aliphatic heterocycles. The van der Waals surface area contributed by atoms with Gasteiger partial charge in [-0.05, 0) is 23.8 Å². The minimum Gasteiger partial charge on any atom is -0.476 e. The van der Waals surface area contributed by atoms with Crippen molar-refractivity contribution >= 4 is 28.9 Å². The first kappa shape index (κ1) is 11.0. The summed E-state index contributed by atoms with van der Waals surface area (Å²) in [4.78, 5) is 14.9. The Hall–Kier alpha value is -1.46. The fourth-order valence-corrected chi connectivity index (χ4v) is 2.28. The van der Waals surface area contributed by atoms with Gasteiger partial charge in [0.25, 0.3) is 0 Å². The third-order valence-corrected chi connectivity index (χ3v) is 2.99. The van der Waals surface area contributed by atoms with Gasteiger partial charge in [-0.3, -0.25) is 0 Å². The first-order valence-electron chi connectivity index (χ1n) is 4.21. The molecule has 0 radical (unpaired) electrons. The molecule has 0 saturated heterocycles. The molecule has 0 fully saturated rings. The number of rotatable bonds is 2. The van der Waals surface area contributed by atoms with Crippen molar-refractivity contribution in [2.75, 3.05) is 0 Å². The maximum atomic E-state index is 13.1. The van der Waals surface area contributed by atoms with Gasteiger partial charge >= 0.3 is 5.97 Å². The lowest BCUT2D eigenvalue weighted by Gasteiger charge is -2.00. The Balaban J connectivity index is 2.58. The maximum absolute atomic E-state index is 13.1. The van der Waals surface area contributed by atoms with E-state index in [2.05, 4.69) is 4.98 Å². The molecular weight excluding hydrogens is 253 g/mol. The van der Waals surface area contributed by atoms with Crippen LogP contribution in [0, 0.1) is 5.82 Å². The van der Waals surface area contributed by atoms with Crippen LogP contribution in [0.2, 0.25) is 5.02 Å². The van der Waals surface area contributed by atoms with Crippen LogP contribution in [0.1, 0.15) is 10.5 Å². The number of halogens is 2. The zero-order valence-electron chi connectivity index (χ0n) is 7.78. The van der Waals surface area contributed by atoms with E-state index >= 15 is 0 Å². The first-order chi connectivity index (χ1) is 7.58. The quantitative estimate of drug-likeness (QED) is 0.898. The van der Waals surface area contributed by atoms with E-state index in [1.807, 2.05) is 0 Å². The predicted octanol–water partition coefficient (Wildman–Crippen LogP) is 3.30. The SMILES string of the molecule is O=C(O)c1ncsc1-c1cc(F)cc(Cl)c1. The number of carboxylic acids is 1. The lowest BCUT2D eigenvalue weighted by Crippen LogP contribution is -1.98. The highest BCUT2D eigenvalue weighted by molar-refractivity contribution is 7.13. The number of carboxylic acid groups (broad SMARTS) is 1. The van der Waals surface area contributed by atoms with Gasteiger partial charge in [-0.1, -0.05) is 11.6 Å². The van der Waals surface area contributed by atoms with Crippen LogP contribution in [-0.2, 0) is 0 Å². The Morgan fingerprint density at radius 3 is 2.81 bits per heavy atom. The van der Waals surface area contributed by atoms with Crippen LogP contribution in [0.5, 0.6) is 0 Å². The van der Waals surface area contributed by atoms with Crippen molar-refractivity contribution in [1.82, 2.24) is 4.98 Å². The Morgan fingerprint density at radius 2 is 2.19 bits per heavy atom. The van der Waals surface area contributed by atoms with Gasteiger partial charge in [-0.2, -0.15) is 0 Å². The van der Waals surface area contributed by atoms with Crippen molar-refractivity contribution in [3.05, 3.63) is 40.2 Å². The number of benzene rings is 1. The average Bonchev–Trinajstić information content (AvgIpc) is 2.63. The molecule has 2 rings (SSSR count). The van der Waals surface area contributed by atoms with Crippen molar-refractivity contribution in [2.24, 2.45) is 0 Å². The van der Waals surface area contributed by atoms with Crippen molar-refractivity contribution < 1.29 is 14.3 Å². The van der Waals surface area contributed by atoms with Gasteiger partial charge in [0.1, 0.15) is 5.82 Å². The molecular formula is C10H5ClFNO2S. The van der Waals surface area contributed by atoms with Gasteiger partial charge in [-0.25, -0.2) is 14.2 Å². The fourth-order valence-electron chi connectivity index (χ4n) is 1.29. The van der Waals surface area contributed by atoms with Crippen LogP contribution in [0.15, 0.2) is 23.7 Å². The van der Waals surface area contributed by atoms with E-state index in [-0.39, 0.29) is 10.7 Å². The number of aromatic nitrogens is 1. The second-order valence-electron chi connectivity index (χ2n) is 2.99. The molecule has 0 bridgehead atoms. The van der Waals surface area contributed by atoms with Crippen LogP contribution >= 0.6 is 22.9 Å². The molecule has 6 heteroatoms. The normalized spacial score (nSPS) is 10.4. The molecule has 2 aromatic rings. The van der Waals surface area contributed by atoms with Crippen molar-refractivity contribution in [3.63, 3.8) is 0 Å². The second-order valence-corrected chi connectivity index (χ2v) is 4.28. The molecule has 82 valence electrons. The molecule has 0 spiro atoms. The lowest BCUT2D eigenvalue weighted by atomic mass is 10.1. The van der Waals surface area contributed by atoms with E-state index < -0.39 is 11.8 Å². The number of thiazole rings is 1. The second kappa shape index (κ2) is 4.19. The minimum absolute atomic E-state index is 0.0910. The van der Waals surface area contributed by atoms with Crippen molar-refractivity contribution in [1.29, 1.82) is 0 Å². The summed E-state index contributed by atoms with van der Waals surface area (Å²) in [6, 6.07) is 3.89. The van der Waals surface area contributed by atoms with Crippen LogP contribution in [-0.4, -0.2) is 16.1 Å². The summed E-state index contributed by atoms with van der Waals surface area (Å²) in [5, 5.41) is 9.09. The Labute approximate surface area is 99.1 Å². The van der Waals surface area contributed by atoms with Crippen molar-refractivity contribution in [2.45, 2.75) is 0 Å². The molecule has 0 amide bonds. The molecule has 16 heavy (non-hydrogen) atoms. The zero-order chi connectivity index (χ0) is 11.7. The Morgan fingerprint density at radius 1 is 1.44 bits per heavy atom. The molecule has 1 heterocycles. The smallest absolute Gasteiger partial charge is 0.356 e. The molecule has 0 atom stereocenters. The Bertz CT molecular complexity index is 535. The fraction of sp³-hybridized carbons (Fsp3) is 0. The molecule has 0 aliphatic carbocycles. The summed E-state index contributed by atoms with van der Waals surface area (Å²) in [6.45, 7) is 0. The predicted molar refractivity (Wildman–Crippen MR) is 59.5 cm³/mol. The number of aromatic carboxylic acids is 1. The highest BCUT2D eigenvalue weighted by atomic mass is 35.5. The monoisotopic (exact) mass is 257 g/mol. The Kier molecular flexibility index (Phi) is 2.89. The summed E-state index contributed by atoms with van der Waals surface area (Å²) in [6.07, 6.45) is 0. The standard InChI is InChI=1S/C10H5ClFNO2S/c11-6-1-5(2-7(12)3-6)9-8(10(14)15)13-4-16-9/h1-4H,(H,14,15). The van der Waals surface area contributed by atoms with E-state index in [9.17, 15) is 9.18 Å². The van der Waals surface area contributed by atoms with E-state index in [4.69, 9.17) is 16.7 Å². The molecule has 1 aromatic heterocycles. The van der Waals surface area contributed by atoms with Crippen LogP contribution < -0.4 is 0 Å². The molecule has 3 nitrogen and oxygen atoms in total. The summed E-state index contributed by atoms with van der Waals surface area (Å²) >= 11 is 6.83. The van der Waals surface area contributed by atoms with E-state index in [1.165, 1.54) is 17.6 Å². The van der Waals surface area contributed by atoms with Crippen LogP contribution in [0.25, 0.3) is 10.4 Å². The summed E-state index contributed by atoms with van der Waals surface area (Å²) in [5.74, 6) is -1.65.